The van der Waals surface area contributed by atoms with E-state index in [1.807, 2.05) is 50.2 Å². The third-order valence-electron chi connectivity index (χ3n) is 4.04. The van der Waals surface area contributed by atoms with E-state index in [-0.39, 0.29) is 11.8 Å². The first-order chi connectivity index (χ1) is 11.6. The van der Waals surface area contributed by atoms with E-state index in [1.54, 1.807) is 0 Å². The summed E-state index contributed by atoms with van der Waals surface area (Å²) in [6.45, 7) is 4.92. The monoisotopic (exact) mass is 345 g/mol. The highest BCUT2D eigenvalue weighted by molar-refractivity contribution is 6.31. The SMILES string of the molecule is CCOc1cc2c(cc1OCC)C(c1ccccc1Cl)CC(=O)N2. The molecular formula is C19H20ClNO3. The Morgan fingerprint density at radius 2 is 1.75 bits per heavy atom. The van der Waals surface area contributed by atoms with Gasteiger partial charge in [0.1, 0.15) is 0 Å². The van der Waals surface area contributed by atoms with Crippen LogP contribution in [0.15, 0.2) is 36.4 Å². The first kappa shape index (κ1) is 16.7. The molecule has 3 rings (SSSR count). The summed E-state index contributed by atoms with van der Waals surface area (Å²) in [5.41, 5.74) is 2.69. The molecule has 24 heavy (non-hydrogen) atoms. The molecule has 1 heterocycles. The molecule has 1 atom stereocenters. The molecule has 1 aliphatic rings. The predicted molar refractivity (Wildman–Crippen MR) is 95.3 cm³/mol. The molecule has 0 fully saturated rings. The van der Waals surface area contributed by atoms with E-state index in [0.717, 1.165) is 16.8 Å². The summed E-state index contributed by atoms with van der Waals surface area (Å²) in [6.07, 6.45) is 0.357. The Morgan fingerprint density at radius 3 is 2.42 bits per heavy atom. The standard InChI is InChI=1S/C19H20ClNO3/c1-3-23-17-9-14-13(12-7-5-6-8-15(12)20)10-19(22)21-16(14)11-18(17)24-4-2/h5-9,11,13H,3-4,10H2,1-2H3,(H,21,22). The van der Waals surface area contributed by atoms with Crippen LogP contribution >= 0.6 is 11.6 Å². The van der Waals surface area contributed by atoms with E-state index < -0.39 is 0 Å². The normalized spacial score (nSPS) is 16.3. The van der Waals surface area contributed by atoms with E-state index in [9.17, 15) is 4.79 Å². The number of hydrogen-bond acceptors (Lipinski definition) is 3. The fourth-order valence-corrected chi connectivity index (χ4v) is 3.31. The molecule has 1 unspecified atom stereocenters. The minimum Gasteiger partial charge on any atom is -0.490 e. The van der Waals surface area contributed by atoms with Crippen molar-refractivity contribution in [1.82, 2.24) is 0 Å². The number of nitrogens with one attached hydrogen (secondary N) is 1. The third kappa shape index (κ3) is 3.20. The predicted octanol–water partition coefficient (Wildman–Crippen LogP) is 4.61. The maximum Gasteiger partial charge on any atom is 0.225 e. The molecule has 0 spiro atoms. The number of rotatable bonds is 5. The van der Waals surface area contributed by atoms with Crippen LogP contribution in [0, 0.1) is 0 Å². The van der Waals surface area contributed by atoms with Crippen molar-refractivity contribution in [2.24, 2.45) is 0 Å². The van der Waals surface area contributed by atoms with Crippen molar-refractivity contribution in [1.29, 1.82) is 0 Å². The number of anilines is 1. The topological polar surface area (TPSA) is 47.6 Å². The highest BCUT2D eigenvalue weighted by Crippen LogP contribution is 2.44. The second-order valence-electron chi connectivity index (χ2n) is 5.58. The van der Waals surface area contributed by atoms with Gasteiger partial charge in [0, 0.05) is 29.1 Å². The van der Waals surface area contributed by atoms with Crippen LogP contribution < -0.4 is 14.8 Å². The van der Waals surface area contributed by atoms with Crippen LogP contribution in [0.25, 0.3) is 0 Å². The van der Waals surface area contributed by atoms with E-state index in [1.165, 1.54) is 0 Å². The third-order valence-corrected chi connectivity index (χ3v) is 4.38. The summed E-state index contributed by atoms with van der Waals surface area (Å²) >= 11 is 6.37. The van der Waals surface area contributed by atoms with Gasteiger partial charge in [-0.3, -0.25) is 4.79 Å². The highest BCUT2D eigenvalue weighted by Gasteiger charge is 2.29. The summed E-state index contributed by atoms with van der Waals surface area (Å²) in [6, 6.07) is 11.4. The van der Waals surface area contributed by atoms with Crippen LogP contribution in [0.2, 0.25) is 5.02 Å². The zero-order chi connectivity index (χ0) is 17.1. The Hall–Kier alpha value is -2.20. The first-order valence-electron chi connectivity index (χ1n) is 8.11. The van der Waals surface area contributed by atoms with Gasteiger partial charge in [0.15, 0.2) is 11.5 Å². The fourth-order valence-electron chi connectivity index (χ4n) is 3.04. The van der Waals surface area contributed by atoms with Gasteiger partial charge in [-0.1, -0.05) is 29.8 Å². The van der Waals surface area contributed by atoms with Gasteiger partial charge < -0.3 is 14.8 Å². The molecule has 4 nitrogen and oxygen atoms in total. The molecule has 0 bridgehead atoms. The van der Waals surface area contributed by atoms with Gasteiger partial charge in [-0.15, -0.1) is 0 Å². The average Bonchev–Trinajstić information content (AvgIpc) is 2.56. The summed E-state index contributed by atoms with van der Waals surface area (Å²) in [4.78, 5) is 12.2. The smallest absolute Gasteiger partial charge is 0.225 e. The lowest BCUT2D eigenvalue weighted by molar-refractivity contribution is -0.116. The van der Waals surface area contributed by atoms with Crippen LogP contribution in [-0.4, -0.2) is 19.1 Å². The van der Waals surface area contributed by atoms with Crippen molar-refractivity contribution in [3.63, 3.8) is 0 Å². The number of amides is 1. The quantitative estimate of drug-likeness (QED) is 0.860. The zero-order valence-electron chi connectivity index (χ0n) is 13.8. The number of carbonyl (C=O) groups excluding carboxylic acids is 1. The van der Waals surface area contributed by atoms with Gasteiger partial charge in [0.2, 0.25) is 5.91 Å². The average molecular weight is 346 g/mol. The minimum atomic E-state index is -0.0997. The second-order valence-corrected chi connectivity index (χ2v) is 5.99. The largest absolute Gasteiger partial charge is 0.490 e. The molecular weight excluding hydrogens is 326 g/mol. The number of halogens is 1. The Labute approximate surface area is 146 Å². The lowest BCUT2D eigenvalue weighted by Crippen LogP contribution is -2.24. The van der Waals surface area contributed by atoms with Crippen molar-refractivity contribution in [3.05, 3.63) is 52.5 Å². The van der Waals surface area contributed by atoms with Gasteiger partial charge in [-0.2, -0.15) is 0 Å². The van der Waals surface area contributed by atoms with Crippen molar-refractivity contribution < 1.29 is 14.3 Å². The lowest BCUT2D eigenvalue weighted by Gasteiger charge is -2.28. The van der Waals surface area contributed by atoms with Crippen LogP contribution in [0.5, 0.6) is 11.5 Å². The van der Waals surface area contributed by atoms with Gasteiger partial charge in [0.05, 0.1) is 13.2 Å². The van der Waals surface area contributed by atoms with E-state index in [4.69, 9.17) is 21.1 Å². The fraction of sp³-hybridized carbons (Fsp3) is 0.316. The zero-order valence-corrected chi connectivity index (χ0v) is 14.5. The lowest BCUT2D eigenvalue weighted by atomic mass is 9.84. The number of hydrogen-bond donors (Lipinski definition) is 1. The molecule has 0 radical (unpaired) electrons. The van der Waals surface area contributed by atoms with E-state index >= 15 is 0 Å². The summed E-state index contributed by atoms with van der Waals surface area (Å²) < 4.78 is 11.4. The molecule has 2 aromatic carbocycles. The molecule has 1 N–H and O–H groups in total. The van der Waals surface area contributed by atoms with Crippen LogP contribution in [0.4, 0.5) is 5.69 Å². The second kappa shape index (κ2) is 7.14. The van der Waals surface area contributed by atoms with Gasteiger partial charge >= 0.3 is 0 Å². The number of benzene rings is 2. The first-order valence-corrected chi connectivity index (χ1v) is 8.49. The van der Waals surface area contributed by atoms with Crippen molar-refractivity contribution in [2.45, 2.75) is 26.2 Å². The van der Waals surface area contributed by atoms with Gasteiger partial charge in [0.25, 0.3) is 0 Å². The molecule has 0 saturated heterocycles. The van der Waals surface area contributed by atoms with Crippen LogP contribution in [-0.2, 0) is 4.79 Å². The molecule has 126 valence electrons. The number of ether oxygens (including phenoxy) is 2. The Balaban J connectivity index is 2.12. The van der Waals surface area contributed by atoms with Crippen LogP contribution in [0.3, 0.4) is 0 Å². The maximum atomic E-state index is 12.2. The molecule has 0 aliphatic carbocycles. The molecule has 0 aromatic heterocycles. The number of carbonyl (C=O) groups is 1. The molecule has 5 heteroatoms. The van der Waals surface area contributed by atoms with Crippen molar-refractivity contribution in [3.8, 4) is 11.5 Å². The van der Waals surface area contributed by atoms with Crippen molar-refractivity contribution >= 4 is 23.2 Å². The van der Waals surface area contributed by atoms with Crippen LogP contribution in [0.1, 0.15) is 37.3 Å². The Morgan fingerprint density at radius 1 is 1.08 bits per heavy atom. The van der Waals surface area contributed by atoms with Gasteiger partial charge in [-0.25, -0.2) is 0 Å². The number of fused-ring (bicyclic) bond motifs is 1. The molecule has 2 aromatic rings. The molecule has 0 saturated carbocycles. The highest BCUT2D eigenvalue weighted by atomic mass is 35.5. The maximum absolute atomic E-state index is 12.2. The Kier molecular flexibility index (Phi) is 4.95. The van der Waals surface area contributed by atoms with Gasteiger partial charge in [-0.05, 0) is 37.1 Å². The molecule has 1 aliphatic heterocycles. The molecule has 1 amide bonds. The van der Waals surface area contributed by atoms with Crippen molar-refractivity contribution in [2.75, 3.05) is 18.5 Å². The summed E-state index contributed by atoms with van der Waals surface area (Å²) in [7, 11) is 0. The Bertz CT molecular complexity index is 760. The minimum absolute atomic E-state index is 0.0287. The summed E-state index contributed by atoms with van der Waals surface area (Å²) in [5.74, 6) is 1.20. The van der Waals surface area contributed by atoms with E-state index in [0.29, 0.717) is 36.2 Å². The summed E-state index contributed by atoms with van der Waals surface area (Å²) in [5, 5.41) is 3.59. The van der Waals surface area contributed by atoms with E-state index in [2.05, 4.69) is 5.32 Å².